The Kier molecular flexibility index (Phi) is 3.41. The zero-order valence-corrected chi connectivity index (χ0v) is 10.8. The molecule has 0 spiro atoms. The van der Waals surface area contributed by atoms with Crippen LogP contribution in [-0.4, -0.2) is 19.2 Å². The predicted molar refractivity (Wildman–Crippen MR) is 76.1 cm³/mol. The van der Waals surface area contributed by atoms with Crippen molar-refractivity contribution in [3.05, 3.63) is 48.5 Å². The van der Waals surface area contributed by atoms with Gasteiger partial charge in [-0.05, 0) is 24.3 Å². The fourth-order valence-electron chi connectivity index (χ4n) is 1.92. The molecule has 0 aliphatic carbocycles. The standard InChI is InChI=1S/C15H14N2O3/c18-15(17-11-4-2-1-3-5-11)9-16-12-6-7-13-14(8-12)20-10-19-13/h1-8,16H,9-10H2,(H,17,18). The number of para-hydroxylation sites is 1. The lowest BCUT2D eigenvalue weighted by Gasteiger charge is -2.08. The highest BCUT2D eigenvalue weighted by molar-refractivity contribution is 5.93. The molecule has 102 valence electrons. The topological polar surface area (TPSA) is 59.6 Å². The molecule has 2 aromatic carbocycles. The van der Waals surface area contributed by atoms with Crippen LogP contribution in [0.3, 0.4) is 0 Å². The zero-order valence-electron chi connectivity index (χ0n) is 10.8. The van der Waals surface area contributed by atoms with Crippen LogP contribution < -0.4 is 20.1 Å². The van der Waals surface area contributed by atoms with E-state index in [9.17, 15) is 4.79 Å². The molecule has 5 heteroatoms. The first-order valence-electron chi connectivity index (χ1n) is 6.30. The molecule has 0 saturated heterocycles. The highest BCUT2D eigenvalue weighted by Gasteiger charge is 2.13. The first-order valence-corrected chi connectivity index (χ1v) is 6.30. The Labute approximate surface area is 116 Å². The molecule has 0 radical (unpaired) electrons. The van der Waals surface area contributed by atoms with Gasteiger partial charge in [-0.15, -0.1) is 0 Å². The van der Waals surface area contributed by atoms with Gasteiger partial charge in [-0.1, -0.05) is 18.2 Å². The van der Waals surface area contributed by atoms with Crippen molar-refractivity contribution in [2.75, 3.05) is 24.0 Å². The summed E-state index contributed by atoms with van der Waals surface area (Å²) in [6.45, 7) is 0.432. The number of anilines is 2. The smallest absolute Gasteiger partial charge is 0.243 e. The second kappa shape index (κ2) is 5.52. The van der Waals surface area contributed by atoms with Crippen molar-refractivity contribution < 1.29 is 14.3 Å². The molecule has 1 amide bonds. The maximum absolute atomic E-state index is 11.8. The molecule has 0 atom stereocenters. The van der Waals surface area contributed by atoms with Gasteiger partial charge in [0.2, 0.25) is 12.7 Å². The second-order valence-corrected chi connectivity index (χ2v) is 4.34. The van der Waals surface area contributed by atoms with Gasteiger partial charge in [0, 0.05) is 17.4 Å². The summed E-state index contributed by atoms with van der Waals surface area (Å²) in [6.07, 6.45) is 0. The van der Waals surface area contributed by atoms with E-state index in [0.29, 0.717) is 5.75 Å². The molecular weight excluding hydrogens is 256 g/mol. The fraction of sp³-hybridized carbons (Fsp3) is 0.133. The molecule has 0 unspecified atom stereocenters. The fourth-order valence-corrected chi connectivity index (χ4v) is 1.92. The Morgan fingerprint density at radius 3 is 2.65 bits per heavy atom. The number of rotatable bonds is 4. The first kappa shape index (κ1) is 12.3. The van der Waals surface area contributed by atoms with E-state index in [2.05, 4.69) is 10.6 Å². The number of fused-ring (bicyclic) bond motifs is 1. The van der Waals surface area contributed by atoms with Crippen LogP contribution in [0.4, 0.5) is 11.4 Å². The van der Waals surface area contributed by atoms with Crippen molar-refractivity contribution in [1.82, 2.24) is 0 Å². The summed E-state index contributed by atoms with van der Waals surface area (Å²) >= 11 is 0. The number of amides is 1. The van der Waals surface area contributed by atoms with Crippen LogP contribution in [0, 0.1) is 0 Å². The maximum Gasteiger partial charge on any atom is 0.243 e. The van der Waals surface area contributed by atoms with Crippen LogP contribution in [0.2, 0.25) is 0 Å². The van der Waals surface area contributed by atoms with Crippen molar-refractivity contribution in [2.24, 2.45) is 0 Å². The molecular formula is C15H14N2O3. The highest BCUT2D eigenvalue weighted by Crippen LogP contribution is 2.34. The average Bonchev–Trinajstić information content (AvgIpc) is 2.93. The van der Waals surface area contributed by atoms with Crippen molar-refractivity contribution >= 4 is 17.3 Å². The largest absolute Gasteiger partial charge is 0.454 e. The molecule has 2 aromatic rings. The van der Waals surface area contributed by atoms with Gasteiger partial charge in [0.1, 0.15) is 0 Å². The minimum Gasteiger partial charge on any atom is -0.454 e. The van der Waals surface area contributed by atoms with E-state index in [-0.39, 0.29) is 19.2 Å². The molecule has 5 nitrogen and oxygen atoms in total. The van der Waals surface area contributed by atoms with E-state index in [1.807, 2.05) is 48.5 Å². The summed E-state index contributed by atoms with van der Waals surface area (Å²) in [7, 11) is 0. The number of benzene rings is 2. The third-order valence-electron chi connectivity index (χ3n) is 2.88. The summed E-state index contributed by atoms with van der Waals surface area (Å²) in [6, 6.07) is 14.8. The summed E-state index contributed by atoms with van der Waals surface area (Å²) in [5.41, 5.74) is 1.60. The Bertz CT molecular complexity index is 614. The van der Waals surface area contributed by atoms with Gasteiger partial charge >= 0.3 is 0 Å². The Hall–Kier alpha value is -2.69. The summed E-state index contributed by atoms with van der Waals surface area (Å²) < 4.78 is 10.5. The van der Waals surface area contributed by atoms with E-state index >= 15 is 0 Å². The molecule has 1 heterocycles. The number of carbonyl (C=O) groups is 1. The van der Waals surface area contributed by atoms with Crippen molar-refractivity contribution in [2.45, 2.75) is 0 Å². The molecule has 0 aromatic heterocycles. The maximum atomic E-state index is 11.8. The van der Waals surface area contributed by atoms with Crippen LogP contribution in [0.25, 0.3) is 0 Å². The number of hydrogen-bond acceptors (Lipinski definition) is 4. The molecule has 0 fully saturated rings. The van der Waals surface area contributed by atoms with Gasteiger partial charge in [0.25, 0.3) is 0 Å². The molecule has 0 bridgehead atoms. The van der Waals surface area contributed by atoms with E-state index < -0.39 is 0 Å². The average molecular weight is 270 g/mol. The van der Waals surface area contributed by atoms with Crippen LogP contribution in [-0.2, 0) is 4.79 Å². The molecule has 1 aliphatic rings. The summed E-state index contributed by atoms with van der Waals surface area (Å²) in [5.74, 6) is 1.32. The summed E-state index contributed by atoms with van der Waals surface area (Å²) in [5, 5.41) is 5.85. The Balaban J connectivity index is 1.55. The lowest BCUT2D eigenvalue weighted by atomic mass is 10.2. The van der Waals surface area contributed by atoms with E-state index in [4.69, 9.17) is 9.47 Å². The third kappa shape index (κ3) is 2.83. The van der Waals surface area contributed by atoms with Crippen molar-refractivity contribution in [1.29, 1.82) is 0 Å². The molecule has 0 saturated carbocycles. The lowest BCUT2D eigenvalue weighted by molar-refractivity contribution is -0.114. The van der Waals surface area contributed by atoms with Crippen LogP contribution in [0.5, 0.6) is 11.5 Å². The molecule has 2 N–H and O–H groups in total. The quantitative estimate of drug-likeness (QED) is 0.896. The molecule has 20 heavy (non-hydrogen) atoms. The number of hydrogen-bond donors (Lipinski definition) is 2. The summed E-state index contributed by atoms with van der Waals surface area (Å²) in [4.78, 5) is 11.8. The second-order valence-electron chi connectivity index (χ2n) is 4.34. The number of carbonyl (C=O) groups excluding carboxylic acids is 1. The van der Waals surface area contributed by atoms with Crippen LogP contribution in [0.15, 0.2) is 48.5 Å². The van der Waals surface area contributed by atoms with E-state index in [0.717, 1.165) is 17.1 Å². The SMILES string of the molecule is O=C(CNc1ccc2c(c1)OCO2)Nc1ccccc1. The van der Waals surface area contributed by atoms with Gasteiger partial charge in [0.05, 0.1) is 6.54 Å². The highest BCUT2D eigenvalue weighted by atomic mass is 16.7. The third-order valence-corrected chi connectivity index (χ3v) is 2.88. The Morgan fingerprint density at radius 2 is 1.80 bits per heavy atom. The van der Waals surface area contributed by atoms with Gasteiger partial charge in [0.15, 0.2) is 11.5 Å². The monoisotopic (exact) mass is 270 g/mol. The van der Waals surface area contributed by atoms with Crippen molar-refractivity contribution in [3.8, 4) is 11.5 Å². The van der Waals surface area contributed by atoms with Crippen LogP contribution in [0.1, 0.15) is 0 Å². The van der Waals surface area contributed by atoms with Crippen molar-refractivity contribution in [3.63, 3.8) is 0 Å². The Morgan fingerprint density at radius 1 is 1.00 bits per heavy atom. The minimum atomic E-state index is -0.103. The lowest BCUT2D eigenvalue weighted by Crippen LogP contribution is -2.21. The zero-order chi connectivity index (χ0) is 13.8. The van der Waals surface area contributed by atoms with Gasteiger partial charge in [-0.2, -0.15) is 0 Å². The minimum absolute atomic E-state index is 0.103. The molecule has 1 aliphatic heterocycles. The normalized spacial score (nSPS) is 12.0. The first-order chi connectivity index (χ1) is 9.81. The van der Waals surface area contributed by atoms with Gasteiger partial charge in [-0.3, -0.25) is 4.79 Å². The van der Waals surface area contributed by atoms with Gasteiger partial charge in [-0.25, -0.2) is 0 Å². The number of nitrogens with one attached hydrogen (secondary N) is 2. The molecule has 3 rings (SSSR count). The van der Waals surface area contributed by atoms with Crippen LogP contribution >= 0.6 is 0 Å². The van der Waals surface area contributed by atoms with Gasteiger partial charge < -0.3 is 20.1 Å². The number of ether oxygens (including phenoxy) is 2. The van der Waals surface area contributed by atoms with E-state index in [1.165, 1.54) is 0 Å². The predicted octanol–water partition coefficient (Wildman–Crippen LogP) is 2.47. The van der Waals surface area contributed by atoms with E-state index in [1.54, 1.807) is 0 Å².